The molecule has 0 aromatic carbocycles. The third kappa shape index (κ3) is 4.19. The van der Waals surface area contributed by atoms with Crippen molar-refractivity contribution in [1.29, 1.82) is 0 Å². The number of urea groups is 1. The molecule has 0 bridgehead atoms. The van der Waals surface area contributed by atoms with Crippen LogP contribution >= 0.6 is 0 Å². The fourth-order valence-corrected chi connectivity index (χ4v) is 2.91. The maximum absolute atomic E-state index is 12.3. The Bertz CT molecular complexity index is 698. The highest BCUT2D eigenvalue weighted by molar-refractivity contribution is 5.90. The molecular weight excluding hydrogens is 302 g/mol. The summed E-state index contributed by atoms with van der Waals surface area (Å²) in [5.74, 6) is 0. The zero-order valence-electron chi connectivity index (χ0n) is 15.6. The van der Waals surface area contributed by atoms with Crippen molar-refractivity contribution in [3.63, 3.8) is 0 Å². The predicted octanol–water partition coefficient (Wildman–Crippen LogP) is 3.56. The van der Waals surface area contributed by atoms with Gasteiger partial charge in [0.1, 0.15) is 0 Å². The molecule has 0 aliphatic rings. The number of carbonyl (C=O) groups is 1. The number of rotatable bonds is 6. The molecular formula is C18H29N5O. The quantitative estimate of drug-likeness (QED) is 0.850. The first-order chi connectivity index (χ1) is 11.3. The minimum Gasteiger partial charge on any atom is -0.354 e. The van der Waals surface area contributed by atoms with Gasteiger partial charge in [-0.3, -0.25) is 4.68 Å². The molecule has 6 heteroatoms. The van der Waals surface area contributed by atoms with Crippen molar-refractivity contribution in [2.45, 2.75) is 59.5 Å². The van der Waals surface area contributed by atoms with Crippen molar-refractivity contribution in [2.75, 3.05) is 5.32 Å². The summed E-state index contributed by atoms with van der Waals surface area (Å²) in [6.07, 6.45) is 3.88. The molecule has 2 rings (SSSR count). The Morgan fingerprint density at radius 1 is 1.29 bits per heavy atom. The fraction of sp³-hybridized carbons (Fsp3) is 0.556. The number of aromatic nitrogens is 3. The Morgan fingerprint density at radius 3 is 2.54 bits per heavy atom. The average molecular weight is 331 g/mol. The molecule has 0 saturated carbocycles. The van der Waals surface area contributed by atoms with Crippen LogP contribution in [-0.2, 0) is 13.5 Å². The Morgan fingerprint density at radius 2 is 2.00 bits per heavy atom. The molecule has 2 amide bonds. The number of nitrogens with zero attached hydrogens (tertiary/aromatic N) is 3. The lowest BCUT2D eigenvalue weighted by molar-refractivity contribution is 0.248. The van der Waals surface area contributed by atoms with Gasteiger partial charge in [-0.25, -0.2) is 4.79 Å². The first kappa shape index (κ1) is 18.1. The monoisotopic (exact) mass is 331 g/mol. The van der Waals surface area contributed by atoms with Crippen LogP contribution in [0.5, 0.6) is 0 Å². The number of amides is 2. The summed E-state index contributed by atoms with van der Waals surface area (Å²) in [4.78, 5) is 12.3. The van der Waals surface area contributed by atoms with Gasteiger partial charge in [0.15, 0.2) is 0 Å². The molecule has 2 heterocycles. The highest BCUT2D eigenvalue weighted by Gasteiger charge is 2.16. The van der Waals surface area contributed by atoms with Gasteiger partial charge in [0.2, 0.25) is 0 Å². The smallest absolute Gasteiger partial charge is 0.319 e. The average Bonchev–Trinajstić information content (AvgIpc) is 3.03. The Labute approximate surface area is 144 Å². The normalized spacial score (nSPS) is 12.5. The van der Waals surface area contributed by atoms with E-state index >= 15 is 0 Å². The van der Waals surface area contributed by atoms with Crippen molar-refractivity contribution < 1.29 is 4.79 Å². The lowest BCUT2D eigenvalue weighted by atomic mass is 10.1. The topological polar surface area (TPSA) is 63.9 Å². The van der Waals surface area contributed by atoms with Gasteiger partial charge in [-0.15, -0.1) is 0 Å². The minimum atomic E-state index is -0.177. The molecule has 0 aliphatic carbocycles. The summed E-state index contributed by atoms with van der Waals surface area (Å²) >= 11 is 0. The van der Waals surface area contributed by atoms with Crippen LogP contribution in [0, 0.1) is 13.8 Å². The van der Waals surface area contributed by atoms with Crippen LogP contribution < -0.4 is 10.6 Å². The first-order valence-corrected chi connectivity index (χ1v) is 8.53. The largest absolute Gasteiger partial charge is 0.354 e. The van der Waals surface area contributed by atoms with Gasteiger partial charge >= 0.3 is 6.03 Å². The second kappa shape index (κ2) is 7.55. The summed E-state index contributed by atoms with van der Waals surface area (Å²) in [7, 11) is 2.04. The molecule has 0 unspecified atom stereocenters. The van der Waals surface area contributed by atoms with Crippen molar-refractivity contribution in [3.05, 3.63) is 35.4 Å². The minimum absolute atomic E-state index is 0.0978. The zero-order valence-corrected chi connectivity index (χ0v) is 15.6. The highest BCUT2D eigenvalue weighted by atomic mass is 16.2. The van der Waals surface area contributed by atoms with Gasteiger partial charge in [-0.1, -0.05) is 0 Å². The van der Waals surface area contributed by atoms with Crippen molar-refractivity contribution in [2.24, 2.45) is 7.05 Å². The summed E-state index contributed by atoms with van der Waals surface area (Å²) in [5.41, 5.74) is 3.90. The van der Waals surface area contributed by atoms with Crippen LogP contribution in [0.4, 0.5) is 10.5 Å². The van der Waals surface area contributed by atoms with Crippen LogP contribution in [0.2, 0.25) is 0 Å². The maximum atomic E-state index is 12.3. The Hall–Kier alpha value is -2.24. The number of aryl methyl sites for hydroxylation is 3. The summed E-state index contributed by atoms with van der Waals surface area (Å²) < 4.78 is 4.05. The van der Waals surface area contributed by atoms with Gasteiger partial charge in [0.25, 0.3) is 0 Å². The molecule has 2 N–H and O–H groups in total. The summed E-state index contributed by atoms with van der Waals surface area (Å²) in [6, 6.07) is 4.34. The molecule has 24 heavy (non-hydrogen) atoms. The van der Waals surface area contributed by atoms with E-state index in [-0.39, 0.29) is 18.1 Å². The predicted molar refractivity (Wildman–Crippen MR) is 97.4 cm³/mol. The highest BCUT2D eigenvalue weighted by Crippen LogP contribution is 2.22. The van der Waals surface area contributed by atoms with Crippen LogP contribution in [0.15, 0.2) is 18.3 Å². The van der Waals surface area contributed by atoms with E-state index in [0.29, 0.717) is 0 Å². The van der Waals surface area contributed by atoms with Crippen LogP contribution in [0.3, 0.4) is 0 Å². The number of hydrogen-bond donors (Lipinski definition) is 2. The van der Waals surface area contributed by atoms with E-state index in [0.717, 1.165) is 29.9 Å². The zero-order chi connectivity index (χ0) is 17.9. The molecule has 2 aromatic heterocycles. The van der Waals surface area contributed by atoms with Gasteiger partial charge in [0.05, 0.1) is 17.1 Å². The van der Waals surface area contributed by atoms with E-state index in [1.807, 2.05) is 44.8 Å². The third-order valence-electron chi connectivity index (χ3n) is 4.31. The van der Waals surface area contributed by atoms with E-state index in [1.165, 1.54) is 5.69 Å². The molecule has 0 fully saturated rings. The molecule has 6 nitrogen and oxygen atoms in total. The number of anilines is 1. The summed E-state index contributed by atoms with van der Waals surface area (Å²) in [6.45, 7) is 10.1. The first-order valence-electron chi connectivity index (χ1n) is 8.53. The molecule has 0 spiro atoms. The van der Waals surface area contributed by atoms with Crippen molar-refractivity contribution >= 4 is 11.7 Å². The van der Waals surface area contributed by atoms with Gasteiger partial charge in [-0.2, -0.15) is 5.10 Å². The molecule has 0 radical (unpaired) electrons. The van der Waals surface area contributed by atoms with Crippen LogP contribution in [0.1, 0.15) is 50.3 Å². The standard InChI is InChI=1S/C18H29N5O/c1-12(2)23-15(5)17(14(4)21-23)20-18(24)19-13(3)9-10-16-8-7-11-22(16)6/h7-8,11-13H,9-10H2,1-6H3,(H2,19,20,24)/t13-/m0/s1. The molecule has 0 saturated heterocycles. The lowest BCUT2D eigenvalue weighted by Gasteiger charge is -2.15. The fourth-order valence-electron chi connectivity index (χ4n) is 2.91. The van der Waals surface area contributed by atoms with E-state index in [1.54, 1.807) is 0 Å². The molecule has 0 aliphatic heterocycles. The van der Waals surface area contributed by atoms with Crippen molar-refractivity contribution in [1.82, 2.24) is 19.7 Å². The Balaban J connectivity index is 1.90. The number of carbonyl (C=O) groups excluding carboxylic acids is 1. The summed E-state index contributed by atoms with van der Waals surface area (Å²) in [5, 5.41) is 10.5. The molecule has 1 atom stereocenters. The number of nitrogens with one attached hydrogen (secondary N) is 2. The Kier molecular flexibility index (Phi) is 5.70. The van der Waals surface area contributed by atoms with E-state index < -0.39 is 0 Å². The van der Waals surface area contributed by atoms with Gasteiger partial charge < -0.3 is 15.2 Å². The van der Waals surface area contributed by atoms with Gasteiger partial charge in [0, 0.05) is 31.0 Å². The van der Waals surface area contributed by atoms with Crippen molar-refractivity contribution in [3.8, 4) is 0 Å². The lowest BCUT2D eigenvalue weighted by Crippen LogP contribution is -2.36. The number of hydrogen-bond acceptors (Lipinski definition) is 2. The molecule has 2 aromatic rings. The maximum Gasteiger partial charge on any atom is 0.319 e. The SMILES string of the molecule is Cc1nn(C(C)C)c(C)c1NC(=O)N[C@@H](C)CCc1cccn1C. The van der Waals surface area contributed by atoms with E-state index in [9.17, 15) is 4.79 Å². The van der Waals surface area contributed by atoms with Crippen LogP contribution in [-0.4, -0.2) is 26.4 Å². The van der Waals surface area contributed by atoms with Gasteiger partial charge in [-0.05, 0) is 59.6 Å². The molecule has 132 valence electrons. The second-order valence-corrected chi connectivity index (χ2v) is 6.73. The second-order valence-electron chi connectivity index (χ2n) is 6.73. The third-order valence-corrected chi connectivity index (χ3v) is 4.31. The van der Waals surface area contributed by atoms with E-state index in [4.69, 9.17) is 0 Å². The van der Waals surface area contributed by atoms with Crippen LogP contribution in [0.25, 0.3) is 0 Å². The van der Waals surface area contributed by atoms with E-state index in [2.05, 4.69) is 40.2 Å².